The molecule has 0 aromatic heterocycles. The fourth-order valence-corrected chi connectivity index (χ4v) is 3.88. The van der Waals surface area contributed by atoms with Crippen LogP contribution < -0.4 is 4.90 Å². The van der Waals surface area contributed by atoms with Crippen LogP contribution in [0.3, 0.4) is 0 Å². The van der Waals surface area contributed by atoms with Crippen LogP contribution >= 0.6 is 0 Å². The van der Waals surface area contributed by atoms with Gasteiger partial charge in [-0.2, -0.15) is 0 Å². The van der Waals surface area contributed by atoms with Gasteiger partial charge >= 0.3 is 6.09 Å². The van der Waals surface area contributed by atoms with Gasteiger partial charge in [-0.05, 0) is 36.1 Å². The summed E-state index contributed by atoms with van der Waals surface area (Å²) in [5.41, 5.74) is 5.32. The van der Waals surface area contributed by atoms with Gasteiger partial charge in [0.15, 0.2) is 0 Å². The maximum absolute atomic E-state index is 12.2. The summed E-state index contributed by atoms with van der Waals surface area (Å²) in [6, 6.07) is 17.4. The van der Waals surface area contributed by atoms with Crippen molar-refractivity contribution in [3.05, 3.63) is 65.2 Å². The van der Waals surface area contributed by atoms with Gasteiger partial charge in [-0.1, -0.05) is 42.5 Å². The number of amides is 1. The number of piperazine rings is 1. The van der Waals surface area contributed by atoms with Crippen LogP contribution in [0.5, 0.6) is 0 Å². The molecule has 0 radical (unpaired) electrons. The fourth-order valence-electron chi connectivity index (χ4n) is 3.88. The number of hydrogen-bond donors (Lipinski definition) is 0. The molecule has 1 saturated heterocycles. The lowest BCUT2D eigenvalue weighted by Crippen LogP contribution is -2.50. The first-order valence-corrected chi connectivity index (χ1v) is 8.62. The Morgan fingerprint density at radius 1 is 1.08 bits per heavy atom. The molecule has 0 N–H and O–H groups in total. The zero-order chi connectivity index (χ0) is 16.5. The number of ether oxygens (including phenoxy) is 1. The lowest BCUT2D eigenvalue weighted by atomic mass is 9.96. The van der Waals surface area contributed by atoms with Gasteiger partial charge in [0, 0.05) is 25.3 Å². The van der Waals surface area contributed by atoms with Crippen molar-refractivity contribution in [3.63, 3.8) is 0 Å². The predicted molar refractivity (Wildman–Crippen MR) is 94.4 cm³/mol. The Hall–Kier alpha value is -2.49. The molecule has 2 aliphatic rings. The van der Waals surface area contributed by atoms with Gasteiger partial charge in [0.25, 0.3) is 0 Å². The molecular weight excluding hydrogens is 300 g/mol. The first-order chi connectivity index (χ1) is 11.8. The summed E-state index contributed by atoms with van der Waals surface area (Å²) >= 11 is 0. The predicted octanol–water partition coefficient (Wildman–Crippen LogP) is 3.61. The smallest absolute Gasteiger partial charge is 0.409 e. The van der Waals surface area contributed by atoms with E-state index in [1.54, 1.807) is 0 Å². The van der Waals surface area contributed by atoms with E-state index in [0.717, 1.165) is 13.0 Å². The van der Waals surface area contributed by atoms with Crippen LogP contribution in [0.1, 0.15) is 29.7 Å². The maximum Gasteiger partial charge on any atom is 0.409 e. The first-order valence-electron chi connectivity index (χ1n) is 8.62. The van der Waals surface area contributed by atoms with E-state index in [1.165, 1.54) is 22.4 Å². The Morgan fingerprint density at radius 2 is 1.83 bits per heavy atom. The van der Waals surface area contributed by atoms with E-state index in [9.17, 15) is 4.79 Å². The molecule has 2 aromatic carbocycles. The number of carbonyl (C=O) groups is 1. The topological polar surface area (TPSA) is 32.8 Å². The van der Waals surface area contributed by atoms with Gasteiger partial charge < -0.3 is 14.5 Å². The van der Waals surface area contributed by atoms with Crippen molar-refractivity contribution in [3.8, 4) is 0 Å². The van der Waals surface area contributed by atoms with E-state index in [2.05, 4.69) is 53.4 Å². The summed E-state index contributed by atoms with van der Waals surface area (Å²) in [6.07, 6.45) is 0.742. The summed E-state index contributed by atoms with van der Waals surface area (Å²) < 4.78 is 5.22. The zero-order valence-electron chi connectivity index (χ0n) is 13.9. The quantitative estimate of drug-likeness (QED) is 0.804. The summed E-state index contributed by atoms with van der Waals surface area (Å²) in [5, 5.41) is 0. The van der Waals surface area contributed by atoms with Crippen molar-refractivity contribution in [2.75, 3.05) is 31.1 Å². The molecule has 1 atom stereocenters. The van der Waals surface area contributed by atoms with Gasteiger partial charge in [-0.3, -0.25) is 0 Å². The van der Waals surface area contributed by atoms with Crippen LogP contribution in [0.25, 0.3) is 0 Å². The molecule has 0 aliphatic carbocycles. The largest absolute Gasteiger partial charge is 0.450 e. The molecule has 2 heterocycles. The molecular formula is C20H22N2O2. The van der Waals surface area contributed by atoms with E-state index < -0.39 is 0 Å². The average molecular weight is 322 g/mol. The summed E-state index contributed by atoms with van der Waals surface area (Å²) in [4.78, 5) is 16.5. The Labute approximate surface area is 142 Å². The molecule has 4 nitrogen and oxygen atoms in total. The second kappa shape index (κ2) is 6.19. The van der Waals surface area contributed by atoms with E-state index in [1.807, 2.05) is 11.8 Å². The van der Waals surface area contributed by atoms with Gasteiger partial charge in [-0.25, -0.2) is 4.79 Å². The number of hydrogen-bond acceptors (Lipinski definition) is 3. The van der Waals surface area contributed by atoms with Crippen molar-refractivity contribution in [1.82, 2.24) is 4.90 Å². The van der Waals surface area contributed by atoms with Crippen LogP contribution in [-0.2, 0) is 11.2 Å². The minimum atomic E-state index is -0.202. The Kier molecular flexibility index (Phi) is 3.89. The molecule has 0 saturated carbocycles. The number of fused-ring (bicyclic) bond motifs is 5. The van der Waals surface area contributed by atoms with Gasteiger partial charge in [-0.15, -0.1) is 0 Å². The zero-order valence-corrected chi connectivity index (χ0v) is 13.9. The SMILES string of the molecule is CCOC(=O)N1CCN2c3ccccc3Cc3ccccc3[C@H]2C1. The second-order valence-corrected chi connectivity index (χ2v) is 6.36. The highest BCUT2D eigenvalue weighted by atomic mass is 16.6. The van der Waals surface area contributed by atoms with Crippen LogP contribution in [0.4, 0.5) is 10.5 Å². The second-order valence-electron chi connectivity index (χ2n) is 6.36. The Balaban J connectivity index is 1.75. The molecule has 0 bridgehead atoms. The van der Waals surface area contributed by atoms with Crippen molar-refractivity contribution < 1.29 is 9.53 Å². The van der Waals surface area contributed by atoms with Crippen LogP contribution in [-0.4, -0.2) is 37.2 Å². The first kappa shape index (κ1) is 15.1. The number of carbonyl (C=O) groups excluding carboxylic acids is 1. The van der Waals surface area contributed by atoms with Crippen molar-refractivity contribution in [2.24, 2.45) is 0 Å². The molecule has 2 aliphatic heterocycles. The highest BCUT2D eigenvalue weighted by molar-refractivity contribution is 5.69. The van der Waals surface area contributed by atoms with Gasteiger partial charge in [0.2, 0.25) is 0 Å². The van der Waals surface area contributed by atoms with Crippen LogP contribution in [0, 0.1) is 0 Å². The number of para-hydroxylation sites is 1. The minimum absolute atomic E-state index is 0.183. The minimum Gasteiger partial charge on any atom is -0.450 e. The third kappa shape index (κ3) is 2.52. The summed E-state index contributed by atoms with van der Waals surface area (Å²) in [7, 11) is 0. The molecule has 1 fully saturated rings. The third-order valence-corrected chi connectivity index (χ3v) is 5.00. The van der Waals surface area contributed by atoms with Gasteiger partial charge in [0.05, 0.1) is 12.6 Å². The maximum atomic E-state index is 12.2. The molecule has 0 spiro atoms. The van der Waals surface area contributed by atoms with Gasteiger partial charge in [0.1, 0.15) is 0 Å². The van der Waals surface area contributed by atoms with E-state index in [-0.39, 0.29) is 12.1 Å². The molecule has 24 heavy (non-hydrogen) atoms. The third-order valence-electron chi connectivity index (χ3n) is 5.00. The lowest BCUT2D eigenvalue weighted by Gasteiger charge is -2.42. The number of rotatable bonds is 1. The average Bonchev–Trinajstić information content (AvgIpc) is 2.76. The van der Waals surface area contributed by atoms with Crippen molar-refractivity contribution in [2.45, 2.75) is 19.4 Å². The molecule has 0 unspecified atom stereocenters. The Morgan fingerprint density at radius 3 is 2.67 bits per heavy atom. The number of anilines is 1. The molecule has 2 aromatic rings. The summed E-state index contributed by atoms with van der Waals surface area (Å²) in [5.74, 6) is 0. The molecule has 4 heteroatoms. The lowest BCUT2D eigenvalue weighted by molar-refractivity contribution is 0.0991. The van der Waals surface area contributed by atoms with E-state index >= 15 is 0 Å². The van der Waals surface area contributed by atoms with Crippen LogP contribution in [0.2, 0.25) is 0 Å². The number of nitrogens with zero attached hydrogens (tertiary/aromatic N) is 2. The van der Waals surface area contributed by atoms with E-state index in [4.69, 9.17) is 4.74 Å². The monoisotopic (exact) mass is 322 g/mol. The van der Waals surface area contributed by atoms with Crippen molar-refractivity contribution in [1.29, 1.82) is 0 Å². The molecule has 1 amide bonds. The highest BCUT2D eigenvalue weighted by Crippen LogP contribution is 2.39. The van der Waals surface area contributed by atoms with E-state index in [0.29, 0.717) is 19.7 Å². The molecule has 4 rings (SSSR count). The van der Waals surface area contributed by atoms with Crippen LogP contribution in [0.15, 0.2) is 48.5 Å². The standard InChI is InChI=1S/C20H22N2O2/c1-2-24-20(23)21-11-12-22-18-10-6-4-8-16(18)13-15-7-3-5-9-17(15)19(22)14-21/h3-10,19H,2,11-14H2,1H3/t19-/m1/s1. The Bertz CT molecular complexity index is 759. The highest BCUT2D eigenvalue weighted by Gasteiger charge is 2.35. The molecule has 124 valence electrons. The number of benzene rings is 2. The summed E-state index contributed by atoms with van der Waals surface area (Å²) in [6.45, 7) is 4.47. The normalized spacial score (nSPS) is 19.0. The fraction of sp³-hybridized carbons (Fsp3) is 0.350. The van der Waals surface area contributed by atoms with Crippen molar-refractivity contribution >= 4 is 11.8 Å².